The van der Waals surface area contributed by atoms with Crippen molar-refractivity contribution >= 4 is 12.0 Å². The van der Waals surface area contributed by atoms with Gasteiger partial charge in [0.25, 0.3) is 0 Å². The Bertz CT molecular complexity index is 790. The number of aromatic nitrogens is 3. The molecule has 4 nitrogen and oxygen atoms in total. The second-order valence-corrected chi connectivity index (χ2v) is 5.06. The Hall–Kier alpha value is -2.62. The fraction of sp³-hybridized carbons (Fsp3) is 0.176. The molecule has 1 aromatic heterocycles. The SMILES string of the molecule is [2H]C([2H])=C([2H])c1ccc(C2(Nc3ncn[nH]3)C=CC=CC2C)cc1. The number of nitrogens with one attached hydrogen (secondary N) is 2. The second kappa shape index (κ2) is 5.40. The van der Waals surface area contributed by atoms with Crippen LogP contribution in [0.15, 0.2) is 61.4 Å². The van der Waals surface area contributed by atoms with Gasteiger partial charge in [0.15, 0.2) is 0 Å². The van der Waals surface area contributed by atoms with E-state index in [2.05, 4.69) is 39.6 Å². The Morgan fingerprint density at radius 1 is 1.43 bits per heavy atom. The number of H-pyrrole nitrogens is 1. The molecule has 0 amide bonds. The zero-order chi connectivity index (χ0) is 17.2. The molecule has 1 aliphatic carbocycles. The van der Waals surface area contributed by atoms with Crippen LogP contribution in [0.4, 0.5) is 5.95 Å². The summed E-state index contributed by atoms with van der Waals surface area (Å²) in [5.74, 6) is 0.735. The third-order valence-corrected chi connectivity index (χ3v) is 3.84. The monoisotopic (exact) mass is 281 g/mol. The molecule has 0 aliphatic heterocycles. The summed E-state index contributed by atoms with van der Waals surface area (Å²) >= 11 is 0. The Kier molecular flexibility index (Phi) is 2.61. The van der Waals surface area contributed by atoms with E-state index in [1.807, 2.05) is 24.3 Å². The maximum atomic E-state index is 7.77. The maximum Gasteiger partial charge on any atom is 0.219 e. The number of anilines is 1. The van der Waals surface area contributed by atoms with Gasteiger partial charge in [0.05, 0.1) is 9.65 Å². The van der Waals surface area contributed by atoms with E-state index in [-0.39, 0.29) is 12.0 Å². The highest BCUT2D eigenvalue weighted by Crippen LogP contribution is 2.37. The van der Waals surface area contributed by atoms with E-state index in [4.69, 9.17) is 4.11 Å². The lowest BCUT2D eigenvalue weighted by atomic mass is 9.76. The Morgan fingerprint density at radius 2 is 2.29 bits per heavy atom. The molecule has 2 atom stereocenters. The van der Waals surface area contributed by atoms with Crippen LogP contribution >= 0.6 is 0 Å². The van der Waals surface area contributed by atoms with E-state index in [1.54, 1.807) is 12.1 Å². The molecule has 2 N–H and O–H groups in total. The maximum absolute atomic E-state index is 7.77. The Balaban J connectivity index is 2.02. The third kappa shape index (κ3) is 2.40. The number of nitrogens with zero attached hydrogens (tertiary/aromatic N) is 2. The highest BCUT2D eigenvalue weighted by atomic mass is 15.3. The minimum atomic E-state index is -0.497. The third-order valence-electron chi connectivity index (χ3n) is 3.84. The zero-order valence-corrected chi connectivity index (χ0v) is 11.7. The van der Waals surface area contributed by atoms with Crippen molar-refractivity contribution < 1.29 is 4.11 Å². The fourth-order valence-electron chi connectivity index (χ4n) is 2.62. The lowest BCUT2D eigenvalue weighted by Crippen LogP contribution is -2.40. The number of hydrogen-bond donors (Lipinski definition) is 2. The van der Waals surface area contributed by atoms with Gasteiger partial charge < -0.3 is 5.32 Å². The highest BCUT2D eigenvalue weighted by Gasteiger charge is 2.36. The zero-order valence-electron chi connectivity index (χ0n) is 14.7. The van der Waals surface area contributed by atoms with E-state index < -0.39 is 12.1 Å². The van der Waals surface area contributed by atoms with Crippen molar-refractivity contribution in [3.05, 3.63) is 72.6 Å². The van der Waals surface area contributed by atoms with E-state index in [0.29, 0.717) is 11.5 Å². The van der Waals surface area contributed by atoms with Crippen molar-refractivity contribution in [3.63, 3.8) is 0 Å². The standard InChI is InChI=1S/C17H18N4/c1-3-14-7-9-15(10-8-14)17(11-5-4-6-13(17)2)20-16-18-12-19-21-16/h3-13H,1H2,2H3,(H2,18,19,20,21)/i1D2,3D. The first-order valence-corrected chi connectivity index (χ1v) is 6.77. The molecule has 0 fully saturated rings. The predicted octanol–water partition coefficient (Wildman–Crippen LogP) is 3.52. The van der Waals surface area contributed by atoms with Crippen molar-refractivity contribution in [3.8, 4) is 0 Å². The van der Waals surface area contributed by atoms with Crippen LogP contribution in [0.1, 0.15) is 22.2 Å². The van der Waals surface area contributed by atoms with Crippen LogP contribution in [-0.4, -0.2) is 15.2 Å². The van der Waals surface area contributed by atoms with E-state index in [9.17, 15) is 0 Å². The first-order valence-electron chi connectivity index (χ1n) is 8.27. The average Bonchev–Trinajstić information content (AvgIpc) is 3.09. The molecule has 0 spiro atoms. The molecular weight excluding hydrogens is 260 g/mol. The van der Waals surface area contributed by atoms with Crippen LogP contribution in [0.3, 0.4) is 0 Å². The fourth-order valence-corrected chi connectivity index (χ4v) is 2.62. The summed E-state index contributed by atoms with van der Waals surface area (Å²) in [6.45, 7) is 1.62. The van der Waals surface area contributed by atoms with Crippen molar-refractivity contribution in [2.24, 2.45) is 5.92 Å². The van der Waals surface area contributed by atoms with E-state index in [0.717, 1.165) is 5.56 Å². The molecule has 1 aromatic carbocycles. The number of hydrogen-bond acceptors (Lipinski definition) is 3. The molecule has 0 saturated carbocycles. The van der Waals surface area contributed by atoms with Crippen LogP contribution in [0.2, 0.25) is 0 Å². The molecule has 4 heteroatoms. The minimum absolute atomic E-state index is 0.0917. The van der Waals surface area contributed by atoms with Gasteiger partial charge in [0.1, 0.15) is 6.33 Å². The van der Waals surface area contributed by atoms with Crippen molar-refractivity contribution in [2.45, 2.75) is 12.5 Å². The Labute approximate surface area is 128 Å². The van der Waals surface area contributed by atoms with Gasteiger partial charge in [-0.3, -0.25) is 0 Å². The van der Waals surface area contributed by atoms with Crippen molar-refractivity contribution in [1.82, 2.24) is 15.2 Å². The largest absolute Gasteiger partial charge is 0.341 e. The summed E-state index contributed by atoms with van der Waals surface area (Å²) in [4.78, 5) is 4.16. The van der Waals surface area contributed by atoms with E-state index in [1.165, 1.54) is 6.33 Å². The number of allylic oxidation sites excluding steroid dienone is 2. The first-order chi connectivity index (χ1) is 11.5. The molecular formula is C17H18N4. The summed E-state index contributed by atoms with van der Waals surface area (Å²) in [5.41, 5.74) is 1.06. The van der Waals surface area contributed by atoms with Gasteiger partial charge in [0.2, 0.25) is 5.95 Å². The van der Waals surface area contributed by atoms with Crippen LogP contribution in [0, 0.1) is 5.92 Å². The molecule has 3 rings (SSSR count). The smallest absolute Gasteiger partial charge is 0.219 e. The van der Waals surface area contributed by atoms with Crippen LogP contribution in [0.25, 0.3) is 6.05 Å². The molecule has 2 unspecified atom stereocenters. The summed E-state index contributed by atoms with van der Waals surface area (Å²) < 4.78 is 22.3. The molecule has 2 aromatic rings. The van der Waals surface area contributed by atoms with Gasteiger partial charge in [-0.2, -0.15) is 5.10 Å². The lowest BCUT2D eigenvalue weighted by molar-refractivity contribution is 0.468. The molecule has 106 valence electrons. The van der Waals surface area contributed by atoms with Gasteiger partial charge >= 0.3 is 0 Å². The molecule has 0 bridgehead atoms. The average molecular weight is 281 g/mol. The lowest BCUT2D eigenvalue weighted by Gasteiger charge is -2.38. The van der Waals surface area contributed by atoms with Gasteiger partial charge in [-0.05, 0) is 11.1 Å². The van der Waals surface area contributed by atoms with Gasteiger partial charge in [-0.15, -0.1) is 0 Å². The summed E-state index contributed by atoms with van der Waals surface area (Å²) in [5, 5.41) is 10.1. The number of benzene rings is 1. The molecule has 0 saturated heterocycles. The Morgan fingerprint density at radius 3 is 2.95 bits per heavy atom. The van der Waals surface area contributed by atoms with Gasteiger partial charge in [-0.25, -0.2) is 10.1 Å². The molecule has 0 radical (unpaired) electrons. The van der Waals surface area contributed by atoms with Crippen LogP contribution in [-0.2, 0) is 5.54 Å². The first kappa shape index (κ1) is 10.2. The topological polar surface area (TPSA) is 53.6 Å². The van der Waals surface area contributed by atoms with Crippen molar-refractivity contribution in [1.29, 1.82) is 0 Å². The number of rotatable bonds is 4. The minimum Gasteiger partial charge on any atom is -0.341 e. The number of aromatic amines is 1. The summed E-state index contributed by atoms with van der Waals surface area (Å²) in [7, 11) is 0. The van der Waals surface area contributed by atoms with Gasteiger partial charge in [0, 0.05) is 5.92 Å². The predicted molar refractivity (Wildman–Crippen MR) is 85.7 cm³/mol. The summed E-state index contributed by atoms with van der Waals surface area (Å²) in [6, 6.07) is 7.27. The van der Waals surface area contributed by atoms with Gasteiger partial charge in [-0.1, -0.05) is 68.1 Å². The van der Waals surface area contributed by atoms with E-state index >= 15 is 0 Å². The molecule has 1 heterocycles. The normalized spacial score (nSPS) is 25.8. The molecule has 1 aliphatic rings. The van der Waals surface area contributed by atoms with Crippen LogP contribution in [0.5, 0.6) is 0 Å². The highest BCUT2D eigenvalue weighted by molar-refractivity contribution is 5.51. The van der Waals surface area contributed by atoms with Crippen LogP contribution < -0.4 is 5.32 Å². The molecule has 21 heavy (non-hydrogen) atoms. The second-order valence-electron chi connectivity index (χ2n) is 5.06. The van der Waals surface area contributed by atoms with Crippen molar-refractivity contribution in [2.75, 3.05) is 5.32 Å². The summed E-state index contributed by atoms with van der Waals surface area (Å²) in [6.07, 6.45) is 9.63. The quantitative estimate of drug-likeness (QED) is 0.901.